The van der Waals surface area contributed by atoms with Crippen molar-refractivity contribution in [2.24, 2.45) is 0 Å². The van der Waals surface area contributed by atoms with Crippen molar-refractivity contribution in [2.75, 3.05) is 0 Å². The van der Waals surface area contributed by atoms with E-state index in [1.807, 2.05) is 48.5 Å². The van der Waals surface area contributed by atoms with Crippen LogP contribution in [-0.2, 0) is 12.8 Å². The van der Waals surface area contributed by atoms with Crippen molar-refractivity contribution in [3.63, 3.8) is 0 Å². The van der Waals surface area contributed by atoms with Crippen LogP contribution in [0.5, 0.6) is 0 Å². The average molecular weight is 287 g/mol. The zero-order valence-corrected chi connectivity index (χ0v) is 12.3. The summed E-state index contributed by atoms with van der Waals surface area (Å²) in [6.45, 7) is 0. The standard InChI is InChI=1S/C20H17NO/c22-20(15-8-3-1-4-9-15)19-18-13-7-10-16(18)14-21(19)17-11-5-2-6-12-17/h1-6,8-9,11-12,14H,7,10,13H2. The summed E-state index contributed by atoms with van der Waals surface area (Å²) >= 11 is 0. The lowest BCUT2D eigenvalue weighted by atomic mass is 10.0. The van der Waals surface area contributed by atoms with E-state index < -0.39 is 0 Å². The van der Waals surface area contributed by atoms with E-state index in [1.54, 1.807) is 0 Å². The van der Waals surface area contributed by atoms with E-state index in [2.05, 4.69) is 22.9 Å². The van der Waals surface area contributed by atoms with Crippen LogP contribution >= 0.6 is 0 Å². The quantitative estimate of drug-likeness (QED) is 0.662. The number of fused-ring (bicyclic) bond motifs is 1. The molecule has 22 heavy (non-hydrogen) atoms. The largest absolute Gasteiger partial charge is 0.313 e. The number of aromatic nitrogens is 1. The number of hydrogen-bond acceptors (Lipinski definition) is 1. The molecule has 2 nitrogen and oxygen atoms in total. The van der Waals surface area contributed by atoms with Gasteiger partial charge >= 0.3 is 0 Å². The molecular formula is C20H17NO. The number of carbonyl (C=O) groups excluding carboxylic acids is 1. The van der Waals surface area contributed by atoms with Crippen molar-refractivity contribution in [3.05, 3.63) is 89.2 Å². The van der Waals surface area contributed by atoms with Gasteiger partial charge in [0.1, 0.15) is 0 Å². The summed E-state index contributed by atoms with van der Waals surface area (Å²) in [6, 6.07) is 19.7. The fourth-order valence-corrected chi connectivity index (χ4v) is 3.31. The third-order valence-corrected chi connectivity index (χ3v) is 4.36. The predicted molar refractivity (Wildman–Crippen MR) is 87.7 cm³/mol. The summed E-state index contributed by atoms with van der Waals surface area (Å²) in [5.41, 5.74) is 5.20. The maximum atomic E-state index is 13.0. The Bertz CT molecular complexity index is 816. The molecule has 0 aliphatic heterocycles. The van der Waals surface area contributed by atoms with Gasteiger partial charge in [-0.3, -0.25) is 4.79 Å². The van der Waals surface area contributed by atoms with Crippen LogP contribution in [0.15, 0.2) is 66.9 Å². The number of rotatable bonds is 3. The van der Waals surface area contributed by atoms with Gasteiger partial charge in [0.25, 0.3) is 0 Å². The fourth-order valence-electron chi connectivity index (χ4n) is 3.31. The SMILES string of the molecule is O=C(c1ccccc1)c1c2c(cn1-c1ccccc1)CCC2. The molecule has 0 amide bonds. The molecule has 0 radical (unpaired) electrons. The van der Waals surface area contributed by atoms with E-state index in [0.29, 0.717) is 0 Å². The van der Waals surface area contributed by atoms with Crippen molar-refractivity contribution in [1.29, 1.82) is 0 Å². The first-order valence-corrected chi connectivity index (χ1v) is 7.73. The summed E-state index contributed by atoms with van der Waals surface area (Å²) in [5, 5.41) is 0. The molecule has 0 unspecified atom stereocenters. The van der Waals surface area contributed by atoms with Gasteiger partial charge < -0.3 is 4.57 Å². The van der Waals surface area contributed by atoms with Gasteiger partial charge in [0.15, 0.2) is 0 Å². The second-order valence-electron chi connectivity index (χ2n) is 5.74. The number of para-hydroxylation sites is 1. The molecule has 0 atom stereocenters. The van der Waals surface area contributed by atoms with Crippen LogP contribution in [0.1, 0.15) is 33.6 Å². The third-order valence-electron chi connectivity index (χ3n) is 4.36. The Labute approximate surface area is 130 Å². The molecular weight excluding hydrogens is 270 g/mol. The zero-order chi connectivity index (χ0) is 14.9. The van der Waals surface area contributed by atoms with Crippen LogP contribution in [-0.4, -0.2) is 10.4 Å². The van der Waals surface area contributed by atoms with Gasteiger partial charge in [0.05, 0.1) is 5.69 Å². The molecule has 1 aromatic heterocycles. The zero-order valence-electron chi connectivity index (χ0n) is 12.3. The van der Waals surface area contributed by atoms with Gasteiger partial charge in [0, 0.05) is 17.4 Å². The first-order chi connectivity index (χ1) is 10.8. The smallest absolute Gasteiger partial charge is 0.210 e. The van der Waals surface area contributed by atoms with Crippen molar-refractivity contribution < 1.29 is 4.79 Å². The Balaban J connectivity index is 1.89. The highest BCUT2D eigenvalue weighted by atomic mass is 16.1. The lowest BCUT2D eigenvalue weighted by Crippen LogP contribution is -2.10. The number of hydrogen-bond donors (Lipinski definition) is 0. The summed E-state index contributed by atoms with van der Waals surface area (Å²) in [6.07, 6.45) is 5.37. The molecule has 1 aliphatic carbocycles. The molecule has 1 heterocycles. The summed E-state index contributed by atoms with van der Waals surface area (Å²) in [4.78, 5) is 13.0. The van der Waals surface area contributed by atoms with Crippen LogP contribution in [0.3, 0.4) is 0 Å². The van der Waals surface area contributed by atoms with Gasteiger partial charge in [-0.15, -0.1) is 0 Å². The summed E-state index contributed by atoms with van der Waals surface area (Å²) < 4.78 is 2.07. The number of nitrogens with zero attached hydrogens (tertiary/aromatic N) is 1. The Kier molecular flexibility index (Phi) is 3.15. The van der Waals surface area contributed by atoms with E-state index in [0.717, 1.165) is 36.2 Å². The second-order valence-corrected chi connectivity index (χ2v) is 5.74. The van der Waals surface area contributed by atoms with Crippen LogP contribution in [0, 0.1) is 0 Å². The predicted octanol–water partition coefficient (Wildman–Crippen LogP) is 4.20. The topological polar surface area (TPSA) is 22.0 Å². The number of carbonyl (C=O) groups is 1. The van der Waals surface area contributed by atoms with E-state index in [9.17, 15) is 4.79 Å². The molecule has 3 aromatic rings. The van der Waals surface area contributed by atoms with E-state index in [1.165, 1.54) is 11.1 Å². The van der Waals surface area contributed by atoms with E-state index >= 15 is 0 Å². The first-order valence-electron chi connectivity index (χ1n) is 7.73. The Morgan fingerprint density at radius 1 is 0.864 bits per heavy atom. The van der Waals surface area contributed by atoms with Gasteiger partial charge in [-0.25, -0.2) is 0 Å². The van der Waals surface area contributed by atoms with Crippen LogP contribution in [0.2, 0.25) is 0 Å². The Morgan fingerprint density at radius 3 is 2.27 bits per heavy atom. The van der Waals surface area contributed by atoms with Gasteiger partial charge in [-0.2, -0.15) is 0 Å². The minimum absolute atomic E-state index is 0.118. The molecule has 0 fully saturated rings. The maximum absolute atomic E-state index is 13.0. The molecule has 108 valence electrons. The molecule has 0 saturated heterocycles. The lowest BCUT2D eigenvalue weighted by Gasteiger charge is -2.10. The molecule has 2 aromatic carbocycles. The van der Waals surface area contributed by atoms with Crippen molar-refractivity contribution in [3.8, 4) is 5.69 Å². The normalized spacial score (nSPS) is 13.1. The van der Waals surface area contributed by atoms with Gasteiger partial charge in [-0.05, 0) is 42.5 Å². The molecule has 0 N–H and O–H groups in total. The van der Waals surface area contributed by atoms with E-state index in [4.69, 9.17) is 0 Å². The van der Waals surface area contributed by atoms with Crippen molar-refractivity contribution >= 4 is 5.78 Å². The highest BCUT2D eigenvalue weighted by Gasteiger charge is 2.25. The van der Waals surface area contributed by atoms with Gasteiger partial charge in [0.2, 0.25) is 5.78 Å². The molecule has 4 rings (SSSR count). The van der Waals surface area contributed by atoms with Crippen molar-refractivity contribution in [1.82, 2.24) is 4.57 Å². The van der Waals surface area contributed by atoms with Crippen LogP contribution in [0.4, 0.5) is 0 Å². The number of ketones is 1. The monoisotopic (exact) mass is 287 g/mol. The maximum Gasteiger partial charge on any atom is 0.210 e. The lowest BCUT2D eigenvalue weighted by molar-refractivity contribution is 0.103. The van der Waals surface area contributed by atoms with Gasteiger partial charge in [-0.1, -0.05) is 48.5 Å². The Morgan fingerprint density at radius 2 is 1.55 bits per heavy atom. The molecule has 0 spiro atoms. The molecule has 2 heteroatoms. The first kappa shape index (κ1) is 13.1. The number of aryl methyl sites for hydroxylation is 1. The fraction of sp³-hybridized carbons (Fsp3) is 0.150. The Hall–Kier alpha value is -2.61. The van der Waals surface area contributed by atoms with E-state index in [-0.39, 0.29) is 5.78 Å². The highest BCUT2D eigenvalue weighted by molar-refractivity contribution is 6.09. The number of benzene rings is 2. The minimum atomic E-state index is 0.118. The molecule has 0 saturated carbocycles. The van der Waals surface area contributed by atoms with Crippen LogP contribution < -0.4 is 0 Å². The second kappa shape index (κ2) is 5.30. The summed E-state index contributed by atoms with van der Waals surface area (Å²) in [7, 11) is 0. The van der Waals surface area contributed by atoms with Crippen molar-refractivity contribution in [2.45, 2.75) is 19.3 Å². The van der Waals surface area contributed by atoms with Crippen LogP contribution in [0.25, 0.3) is 5.69 Å². The third kappa shape index (κ3) is 2.08. The molecule has 1 aliphatic rings. The molecule has 0 bridgehead atoms. The minimum Gasteiger partial charge on any atom is -0.313 e. The summed E-state index contributed by atoms with van der Waals surface area (Å²) in [5.74, 6) is 0.118. The highest BCUT2D eigenvalue weighted by Crippen LogP contribution is 2.31. The average Bonchev–Trinajstić information content (AvgIpc) is 3.16.